The summed E-state index contributed by atoms with van der Waals surface area (Å²) in [5.41, 5.74) is 4.33. The molecule has 35 heavy (non-hydrogen) atoms. The molecule has 5 heteroatoms. The maximum absolute atomic E-state index is 12.4. The number of hydrogen-bond acceptors (Lipinski definition) is 4. The molecule has 1 heterocycles. The number of benzene rings is 2. The number of terminal acetylenes is 1. The van der Waals surface area contributed by atoms with E-state index >= 15 is 0 Å². The van der Waals surface area contributed by atoms with Gasteiger partial charge in [-0.1, -0.05) is 43.5 Å². The van der Waals surface area contributed by atoms with Gasteiger partial charge < -0.3 is 9.47 Å². The van der Waals surface area contributed by atoms with Crippen molar-refractivity contribution in [1.82, 2.24) is 9.78 Å². The highest BCUT2D eigenvalue weighted by Crippen LogP contribution is 2.48. The Morgan fingerprint density at radius 1 is 1.11 bits per heavy atom. The number of methoxy groups -OCH3 is 1. The molecule has 0 saturated heterocycles. The average molecular weight is 469 g/mol. The second-order valence-electron chi connectivity index (χ2n) is 9.76. The third-order valence-corrected chi connectivity index (χ3v) is 7.46. The van der Waals surface area contributed by atoms with Crippen LogP contribution in [0.5, 0.6) is 5.75 Å². The van der Waals surface area contributed by atoms with Crippen LogP contribution in [0.1, 0.15) is 67.4 Å². The van der Waals surface area contributed by atoms with Gasteiger partial charge in [-0.15, -0.1) is 12.3 Å². The molecule has 3 atom stereocenters. The van der Waals surface area contributed by atoms with Gasteiger partial charge in [0, 0.05) is 11.8 Å². The molecular formula is C30H32N2O3. The van der Waals surface area contributed by atoms with E-state index in [0.29, 0.717) is 11.5 Å². The number of carbonyl (C=O) groups excluding carboxylic acids is 1. The fraction of sp³-hybridized carbons (Fsp3) is 0.400. The van der Waals surface area contributed by atoms with Crippen LogP contribution in [0.25, 0.3) is 16.8 Å². The van der Waals surface area contributed by atoms with Crippen LogP contribution in [-0.2, 0) is 4.74 Å². The Bertz CT molecular complexity index is 1250. The largest absolute Gasteiger partial charge is 0.490 e. The predicted molar refractivity (Wildman–Crippen MR) is 137 cm³/mol. The van der Waals surface area contributed by atoms with E-state index in [1.54, 1.807) is 6.20 Å². The minimum absolute atomic E-state index is 0.109. The van der Waals surface area contributed by atoms with Crippen molar-refractivity contribution in [1.29, 1.82) is 0 Å². The third kappa shape index (κ3) is 4.84. The molecule has 2 aliphatic carbocycles. The third-order valence-electron chi connectivity index (χ3n) is 7.46. The summed E-state index contributed by atoms with van der Waals surface area (Å²) >= 11 is 0. The molecule has 0 radical (unpaired) electrons. The van der Waals surface area contributed by atoms with Gasteiger partial charge in [-0.2, -0.15) is 5.10 Å². The number of aromatic nitrogens is 2. The van der Waals surface area contributed by atoms with Gasteiger partial charge in [0.1, 0.15) is 11.3 Å². The van der Waals surface area contributed by atoms with Gasteiger partial charge in [0.25, 0.3) is 0 Å². The molecule has 1 unspecified atom stereocenters. The normalized spacial score (nSPS) is 20.6. The van der Waals surface area contributed by atoms with Crippen molar-refractivity contribution in [2.75, 3.05) is 7.11 Å². The molecule has 0 spiro atoms. The van der Waals surface area contributed by atoms with E-state index in [9.17, 15) is 4.79 Å². The molecule has 5 rings (SSSR count). The summed E-state index contributed by atoms with van der Waals surface area (Å²) in [7, 11) is 1.39. The van der Waals surface area contributed by atoms with E-state index in [4.69, 9.17) is 15.9 Å². The lowest BCUT2D eigenvalue weighted by molar-refractivity contribution is 0.0599. The Balaban J connectivity index is 1.42. The van der Waals surface area contributed by atoms with E-state index in [2.05, 4.69) is 42.2 Å². The standard InChI is InChI=1S/C30H32N2O3/c1-4-21-18-27(21)29-28(30(33)34-3)19-31-32(29)25-14-8-12-23(16-25)24-13-9-15-26(17-24)35-20(2)22-10-6-5-7-11-22/h1,8-9,12-17,19-22,27H,5-7,10-11,18H2,2-3H3/t20?,21-,27-/m1/s1. The molecule has 5 nitrogen and oxygen atoms in total. The summed E-state index contributed by atoms with van der Waals surface area (Å²) in [4.78, 5) is 12.4. The molecule has 0 aliphatic heterocycles. The average Bonchev–Trinajstić information content (AvgIpc) is 3.56. The second-order valence-corrected chi connectivity index (χ2v) is 9.76. The first-order chi connectivity index (χ1) is 17.1. The summed E-state index contributed by atoms with van der Waals surface area (Å²) in [6, 6.07) is 16.5. The quantitative estimate of drug-likeness (QED) is 0.297. The first-order valence-corrected chi connectivity index (χ1v) is 12.6. The van der Waals surface area contributed by atoms with Gasteiger partial charge in [0.15, 0.2) is 0 Å². The lowest BCUT2D eigenvalue weighted by Crippen LogP contribution is -2.25. The fourth-order valence-electron chi connectivity index (χ4n) is 5.35. The molecule has 0 N–H and O–H groups in total. The second kappa shape index (κ2) is 10.00. The highest BCUT2D eigenvalue weighted by Gasteiger charge is 2.42. The zero-order chi connectivity index (χ0) is 24.4. The van der Waals surface area contributed by atoms with E-state index in [-0.39, 0.29) is 23.9 Å². The molecule has 2 aromatic carbocycles. The maximum Gasteiger partial charge on any atom is 0.341 e. The maximum atomic E-state index is 12.4. The van der Waals surface area contributed by atoms with Crippen molar-refractivity contribution in [2.45, 2.75) is 57.5 Å². The van der Waals surface area contributed by atoms with Crippen molar-refractivity contribution in [2.24, 2.45) is 11.8 Å². The van der Waals surface area contributed by atoms with Crippen molar-refractivity contribution < 1.29 is 14.3 Å². The minimum atomic E-state index is -0.387. The number of ether oxygens (including phenoxy) is 2. The number of carbonyl (C=O) groups is 1. The van der Waals surface area contributed by atoms with Crippen LogP contribution in [-0.4, -0.2) is 29.0 Å². The van der Waals surface area contributed by atoms with Crippen LogP contribution in [0.2, 0.25) is 0 Å². The fourth-order valence-corrected chi connectivity index (χ4v) is 5.35. The molecule has 0 amide bonds. The number of nitrogens with zero attached hydrogens (tertiary/aromatic N) is 2. The lowest BCUT2D eigenvalue weighted by Gasteiger charge is -2.28. The monoisotopic (exact) mass is 468 g/mol. The van der Waals surface area contributed by atoms with Crippen molar-refractivity contribution in [3.8, 4) is 34.9 Å². The van der Waals surface area contributed by atoms with Crippen molar-refractivity contribution in [3.63, 3.8) is 0 Å². The van der Waals surface area contributed by atoms with Gasteiger partial charge in [0.2, 0.25) is 0 Å². The Morgan fingerprint density at radius 3 is 2.57 bits per heavy atom. The number of hydrogen-bond donors (Lipinski definition) is 0. The first kappa shape index (κ1) is 23.2. The molecule has 1 aromatic heterocycles. The van der Waals surface area contributed by atoms with Crippen LogP contribution < -0.4 is 4.74 Å². The summed E-state index contributed by atoms with van der Waals surface area (Å²) in [6.45, 7) is 2.20. The van der Waals surface area contributed by atoms with Crippen LogP contribution in [0.15, 0.2) is 54.7 Å². The Kier molecular flexibility index (Phi) is 6.63. The smallest absolute Gasteiger partial charge is 0.341 e. The summed E-state index contributed by atoms with van der Waals surface area (Å²) in [6.07, 6.45) is 14.8. The molecular weight excluding hydrogens is 436 g/mol. The van der Waals surface area contributed by atoms with Crippen molar-refractivity contribution in [3.05, 3.63) is 66.0 Å². The van der Waals surface area contributed by atoms with Gasteiger partial charge in [-0.05, 0) is 67.5 Å². The summed E-state index contributed by atoms with van der Waals surface area (Å²) in [5.74, 6) is 4.19. The lowest BCUT2D eigenvalue weighted by atomic mass is 9.86. The highest BCUT2D eigenvalue weighted by atomic mass is 16.5. The van der Waals surface area contributed by atoms with E-state index in [0.717, 1.165) is 34.7 Å². The van der Waals surface area contributed by atoms with E-state index in [1.165, 1.54) is 39.2 Å². The zero-order valence-corrected chi connectivity index (χ0v) is 20.4. The molecule has 0 bridgehead atoms. The van der Waals surface area contributed by atoms with Crippen LogP contribution in [0.3, 0.4) is 0 Å². The number of esters is 1. The zero-order valence-electron chi connectivity index (χ0n) is 20.4. The molecule has 2 aliphatic rings. The van der Waals surface area contributed by atoms with Gasteiger partial charge in [-0.3, -0.25) is 0 Å². The molecule has 3 aromatic rings. The Hall–Kier alpha value is -3.52. The molecule has 180 valence electrons. The van der Waals surface area contributed by atoms with Crippen LogP contribution in [0, 0.1) is 24.2 Å². The number of rotatable bonds is 7. The Morgan fingerprint density at radius 2 is 1.86 bits per heavy atom. The first-order valence-electron chi connectivity index (χ1n) is 12.6. The van der Waals surface area contributed by atoms with Crippen LogP contribution >= 0.6 is 0 Å². The molecule has 2 fully saturated rings. The van der Waals surface area contributed by atoms with Gasteiger partial charge >= 0.3 is 5.97 Å². The van der Waals surface area contributed by atoms with Gasteiger partial charge in [0.05, 0.1) is 30.8 Å². The highest BCUT2D eigenvalue weighted by molar-refractivity contribution is 5.91. The van der Waals surface area contributed by atoms with Crippen molar-refractivity contribution >= 4 is 5.97 Å². The van der Waals surface area contributed by atoms with E-state index in [1.807, 2.05) is 28.9 Å². The minimum Gasteiger partial charge on any atom is -0.490 e. The Labute approximate surface area is 207 Å². The van der Waals surface area contributed by atoms with Gasteiger partial charge in [-0.25, -0.2) is 9.48 Å². The topological polar surface area (TPSA) is 53.3 Å². The summed E-state index contributed by atoms with van der Waals surface area (Å²) < 4.78 is 13.2. The SMILES string of the molecule is C#C[C@@H]1C[C@H]1c1c(C(=O)OC)cnn1-c1cccc(-c2cccc(OC(C)C3CCCCC3)c2)c1. The molecule has 2 saturated carbocycles. The predicted octanol–water partition coefficient (Wildman–Crippen LogP) is 6.41. The van der Waals surface area contributed by atoms with Crippen LogP contribution in [0.4, 0.5) is 0 Å². The van der Waals surface area contributed by atoms with E-state index < -0.39 is 0 Å². The summed E-state index contributed by atoms with van der Waals surface area (Å²) in [5, 5.41) is 4.55.